The Morgan fingerprint density at radius 1 is 0.319 bits per heavy atom. The molecule has 0 aliphatic heterocycles. The Kier molecular flexibility index (Phi) is 48.0. The Morgan fingerprint density at radius 3 is 0.972 bits per heavy atom. The number of unbranched alkanes of at least 4 members (excludes halogenated alkanes) is 36. The van der Waals surface area contributed by atoms with Crippen LogP contribution in [0, 0.1) is 11.8 Å². The molecule has 2 aromatic carbocycles. The molecule has 0 aromatic heterocycles. The molecule has 0 bridgehead atoms. The molecule has 0 aliphatic rings. The topological polar surface area (TPSA) is 24.7 Å². The van der Waals surface area contributed by atoms with Gasteiger partial charge in [-0.25, -0.2) is 4.99 Å². The van der Waals surface area contributed by atoms with Crippen LogP contribution < -0.4 is 0 Å². The molecule has 0 heterocycles. The fourth-order valence-corrected chi connectivity index (χ4v) is 10.5. The van der Waals surface area contributed by atoms with Crippen LogP contribution in [-0.4, -0.2) is 11.4 Å². The van der Waals surface area contributed by atoms with E-state index in [1.807, 2.05) is 0 Å². The molecule has 0 N–H and O–H groups in total. The molecule has 3 heteroatoms. The number of hydrogen-bond donors (Lipinski definition) is 0. The van der Waals surface area contributed by atoms with Crippen LogP contribution in [0.3, 0.4) is 0 Å². The molecule has 0 unspecified atom stereocenters. The van der Waals surface area contributed by atoms with Crippen LogP contribution in [0.15, 0.2) is 46.4 Å². The number of aliphatic imine (C=N–C) groups is 2. The van der Waals surface area contributed by atoms with Crippen molar-refractivity contribution in [3.8, 4) is 11.8 Å². The Bertz CT molecular complexity index is 1640. The van der Waals surface area contributed by atoms with Gasteiger partial charge in [0.1, 0.15) is 5.71 Å². The summed E-state index contributed by atoms with van der Waals surface area (Å²) in [4.78, 5) is 11.0. The average molecular weight is 1030 g/mol. The molecule has 0 saturated heterocycles. The van der Waals surface area contributed by atoms with E-state index in [0.717, 1.165) is 54.9 Å². The average Bonchev–Trinajstić information content (AvgIpc) is 3.38. The van der Waals surface area contributed by atoms with E-state index in [4.69, 9.17) is 9.98 Å². The number of rotatable bonds is 49. The van der Waals surface area contributed by atoms with Crippen LogP contribution in [0.1, 0.15) is 340 Å². The maximum Gasteiger partial charge on any atom is 0.135 e. The minimum Gasteiger partial charge on any atom is -0.251 e. The van der Waals surface area contributed by atoms with Crippen LogP contribution in [0.5, 0.6) is 0 Å². The van der Waals surface area contributed by atoms with Crippen LogP contribution in [0.2, 0.25) is 0 Å². The molecular formula is C69H118N2Ni. The van der Waals surface area contributed by atoms with Gasteiger partial charge >= 0.3 is 0 Å². The maximum absolute atomic E-state index is 5.50. The third-order valence-electron chi connectivity index (χ3n) is 15.2. The van der Waals surface area contributed by atoms with Gasteiger partial charge in [-0.05, 0) is 123 Å². The number of nitrogens with zero attached hydrogens (tertiary/aromatic N) is 2. The van der Waals surface area contributed by atoms with Gasteiger partial charge in [-0.15, -0.1) is 0 Å². The standard InChI is InChI=1S/C69H118N2.Ni/c1-7-13-19-20-21-22-23-24-25-26-27-28-29-30-31-32-33-34-35-36-37-38-39-40-41-42-43-49-55-69(71-67-59-57-63(51-45-15-9-3)65(61-67)53-47-17-11-5)68(54-48-18-12-6)70-66-58-56-62(50-44-14-8-2)64(60-66)52-46-16-10-4;/h56-61H,7-48,50-54H2,1-6H3;. The van der Waals surface area contributed by atoms with Gasteiger partial charge < -0.3 is 0 Å². The van der Waals surface area contributed by atoms with Gasteiger partial charge in [0.15, 0.2) is 0 Å². The van der Waals surface area contributed by atoms with E-state index in [9.17, 15) is 0 Å². The molecule has 0 atom stereocenters. The summed E-state index contributed by atoms with van der Waals surface area (Å²) in [5.74, 6) is 7.34. The van der Waals surface area contributed by atoms with E-state index < -0.39 is 0 Å². The van der Waals surface area contributed by atoms with Gasteiger partial charge in [-0.3, -0.25) is 4.99 Å². The zero-order valence-corrected chi connectivity index (χ0v) is 49.9. The second kappa shape index (κ2) is 51.0. The van der Waals surface area contributed by atoms with E-state index >= 15 is 0 Å². The predicted molar refractivity (Wildman–Crippen MR) is 322 cm³/mol. The molecule has 0 aliphatic carbocycles. The quantitative estimate of drug-likeness (QED) is 0.0273. The summed E-state index contributed by atoms with van der Waals surface area (Å²) in [6.45, 7) is 13.9. The number of hydrogen-bond acceptors (Lipinski definition) is 2. The van der Waals surface area contributed by atoms with Crippen LogP contribution >= 0.6 is 0 Å². The second-order valence-corrected chi connectivity index (χ2v) is 22.1. The Morgan fingerprint density at radius 2 is 0.611 bits per heavy atom. The summed E-state index contributed by atoms with van der Waals surface area (Å²) in [5.41, 5.74) is 10.2. The van der Waals surface area contributed by atoms with Crippen molar-refractivity contribution >= 4 is 22.8 Å². The van der Waals surface area contributed by atoms with Crippen molar-refractivity contribution in [2.24, 2.45) is 9.98 Å². The normalized spacial score (nSPS) is 11.8. The molecule has 0 spiro atoms. The first-order valence-electron chi connectivity index (χ1n) is 32.0. The minimum absolute atomic E-state index is 0. The minimum atomic E-state index is 0. The SMILES string of the molecule is CCCCCCCCCCCCCCCCCCCCCCCCCCCCC#CC(=Nc1ccc(CCCCC)c(CCCCC)c1)C(CCCCC)=Nc1ccc(CCCCC)c(CCCCC)c1.[Ni]. The van der Waals surface area contributed by atoms with Crippen molar-refractivity contribution in [2.45, 2.75) is 343 Å². The van der Waals surface area contributed by atoms with Crippen molar-refractivity contribution in [3.05, 3.63) is 58.7 Å². The fraction of sp³-hybridized carbons (Fsp3) is 0.768. The molecule has 2 nitrogen and oxygen atoms in total. The molecular weight excluding hydrogens is 915 g/mol. The zero-order chi connectivity index (χ0) is 50.9. The molecule has 0 radical (unpaired) electrons. The first-order chi connectivity index (χ1) is 35.1. The van der Waals surface area contributed by atoms with E-state index in [1.54, 1.807) is 0 Å². The summed E-state index contributed by atoms with van der Waals surface area (Å²) < 4.78 is 0. The fourth-order valence-electron chi connectivity index (χ4n) is 10.5. The number of benzene rings is 2. The molecule has 0 amide bonds. The van der Waals surface area contributed by atoms with Gasteiger partial charge in [-0.1, -0.05) is 284 Å². The monoisotopic (exact) mass is 1030 g/mol. The van der Waals surface area contributed by atoms with E-state index in [-0.39, 0.29) is 16.5 Å². The predicted octanol–water partition coefficient (Wildman–Crippen LogP) is 23.6. The zero-order valence-electron chi connectivity index (χ0n) is 48.9. The Hall–Kier alpha value is -2.17. The van der Waals surface area contributed by atoms with Gasteiger partial charge in [0.2, 0.25) is 0 Å². The van der Waals surface area contributed by atoms with Crippen LogP contribution in [0.4, 0.5) is 11.4 Å². The summed E-state index contributed by atoms with van der Waals surface area (Å²) in [6.07, 6.45) is 62.4. The third-order valence-corrected chi connectivity index (χ3v) is 15.2. The molecule has 2 rings (SSSR count). The summed E-state index contributed by atoms with van der Waals surface area (Å²) in [6, 6.07) is 14.2. The maximum atomic E-state index is 5.50. The van der Waals surface area contributed by atoms with Crippen molar-refractivity contribution in [1.82, 2.24) is 0 Å². The van der Waals surface area contributed by atoms with Gasteiger partial charge in [0, 0.05) is 22.9 Å². The van der Waals surface area contributed by atoms with E-state index in [2.05, 4.69) is 89.8 Å². The van der Waals surface area contributed by atoms with Gasteiger partial charge in [0.25, 0.3) is 0 Å². The molecule has 414 valence electrons. The third kappa shape index (κ3) is 36.7. The van der Waals surface area contributed by atoms with Gasteiger partial charge in [-0.2, -0.15) is 0 Å². The summed E-state index contributed by atoms with van der Waals surface area (Å²) in [5, 5.41) is 0. The Labute approximate surface area is 460 Å². The van der Waals surface area contributed by atoms with Crippen LogP contribution in [0.25, 0.3) is 0 Å². The summed E-state index contributed by atoms with van der Waals surface area (Å²) in [7, 11) is 0. The first kappa shape index (κ1) is 67.8. The number of aryl methyl sites for hydroxylation is 4. The molecule has 72 heavy (non-hydrogen) atoms. The van der Waals surface area contributed by atoms with Crippen molar-refractivity contribution in [1.29, 1.82) is 0 Å². The first-order valence-corrected chi connectivity index (χ1v) is 32.0. The van der Waals surface area contributed by atoms with Gasteiger partial charge in [0.05, 0.1) is 17.1 Å². The van der Waals surface area contributed by atoms with Crippen molar-refractivity contribution in [2.75, 3.05) is 0 Å². The van der Waals surface area contributed by atoms with E-state index in [0.29, 0.717) is 0 Å². The molecule has 2 aromatic rings. The second-order valence-electron chi connectivity index (χ2n) is 22.1. The Balaban J connectivity index is 0.0000259. The smallest absolute Gasteiger partial charge is 0.135 e. The van der Waals surface area contributed by atoms with Crippen molar-refractivity contribution < 1.29 is 16.5 Å². The largest absolute Gasteiger partial charge is 0.251 e. The van der Waals surface area contributed by atoms with E-state index in [1.165, 1.54) is 292 Å². The molecule has 0 fully saturated rings. The van der Waals surface area contributed by atoms with Crippen molar-refractivity contribution in [3.63, 3.8) is 0 Å². The summed E-state index contributed by atoms with van der Waals surface area (Å²) >= 11 is 0. The molecule has 0 saturated carbocycles. The van der Waals surface area contributed by atoms with Crippen LogP contribution in [-0.2, 0) is 42.2 Å².